The summed E-state index contributed by atoms with van der Waals surface area (Å²) in [6, 6.07) is 0.118. The van der Waals surface area contributed by atoms with Gasteiger partial charge in [-0.3, -0.25) is 4.79 Å². The third-order valence-electron chi connectivity index (χ3n) is 2.82. The lowest BCUT2D eigenvalue weighted by atomic mass is 10.2. The quantitative estimate of drug-likeness (QED) is 0.830. The molecule has 5 heteroatoms. The van der Waals surface area contributed by atoms with Crippen LogP contribution in [-0.4, -0.2) is 20.9 Å². The second-order valence-electron chi connectivity index (χ2n) is 3.91. The molecular weight excluding hydrogens is 199 g/mol. The van der Waals surface area contributed by atoms with Crippen LogP contribution in [0.2, 0.25) is 0 Å². The maximum Gasteiger partial charge on any atom is 0.308 e. The third kappa shape index (κ3) is 2.00. The van der Waals surface area contributed by atoms with E-state index in [2.05, 4.69) is 5.10 Å². The molecule has 0 aromatic carbocycles. The molecule has 0 aliphatic heterocycles. The first kappa shape index (κ1) is 10.1. The number of rotatable bonds is 3. The van der Waals surface area contributed by atoms with Crippen LogP contribution in [0.3, 0.4) is 0 Å². The van der Waals surface area contributed by atoms with Crippen molar-refractivity contribution >= 4 is 5.97 Å². The molecule has 1 fully saturated rings. The van der Waals surface area contributed by atoms with Gasteiger partial charge in [-0.25, -0.2) is 4.68 Å². The molecule has 0 radical (unpaired) electrons. The Balaban J connectivity index is 2.18. The van der Waals surface area contributed by atoms with Crippen molar-refractivity contribution in [3.63, 3.8) is 0 Å². The van der Waals surface area contributed by atoms with Crippen LogP contribution < -0.4 is 0 Å². The van der Waals surface area contributed by atoms with Gasteiger partial charge in [-0.1, -0.05) is 12.8 Å². The average molecular weight is 212 g/mol. The predicted molar refractivity (Wildman–Crippen MR) is 51.0 cm³/mol. The Morgan fingerprint density at radius 2 is 2.27 bits per heavy atom. The summed E-state index contributed by atoms with van der Waals surface area (Å²) in [6.45, 7) is 0. The topological polar surface area (TPSA) is 55.1 Å². The highest BCUT2D eigenvalue weighted by molar-refractivity contribution is 5.69. The smallest absolute Gasteiger partial charge is 0.308 e. The monoisotopic (exact) mass is 212 g/mol. The van der Waals surface area contributed by atoms with Crippen LogP contribution in [-0.2, 0) is 11.2 Å². The maximum absolute atomic E-state index is 13.7. The van der Waals surface area contributed by atoms with Gasteiger partial charge in [0, 0.05) is 5.56 Å². The Morgan fingerprint density at radius 3 is 2.87 bits per heavy atom. The minimum Gasteiger partial charge on any atom is -0.481 e. The van der Waals surface area contributed by atoms with Crippen LogP contribution >= 0.6 is 0 Å². The molecule has 1 aromatic heterocycles. The first-order valence-corrected chi connectivity index (χ1v) is 5.12. The first-order chi connectivity index (χ1) is 7.18. The number of carboxylic acid groups (broad SMARTS) is 1. The SMILES string of the molecule is O=C(O)Cc1cnn(C2CCCC2)c1F. The summed E-state index contributed by atoms with van der Waals surface area (Å²) < 4.78 is 15.0. The summed E-state index contributed by atoms with van der Waals surface area (Å²) >= 11 is 0. The van der Waals surface area contributed by atoms with Gasteiger partial charge in [0.15, 0.2) is 0 Å². The zero-order chi connectivity index (χ0) is 10.8. The Hall–Kier alpha value is -1.39. The lowest BCUT2D eigenvalue weighted by Gasteiger charge is -2.09. The molecule has 0 atom stereocenters. The predicted octanol–water partition coefficient (Wildman–Crippen LogP) is 1.76. The summed E-state index contributed by atoms with van der Waals surface area (Å²) in [5.74, 6) is -1.51. The Labute approximate surface area is 86.7 Å². The minimum absolute atomic E-state index is 0.118. The first-order valence-electron chi connectivity index (χ1n) is 5.12. The van der Waals surface area contributed by atoms with Crippen LogP contribution in [0.1, 0.15) is 37.3 Å². The Kier molecular flexibility index (Phi) is 2.70. The summed E-state index contributed by atoms with van der Waals surface area (Å²) in [5.41, 5.74) is 0.175. The molecule has 0 bridgehead atoms. The largest absolute Gasteiger partial charge is 0.481 e. The van der Waals surface area contributed by atoms with E-state index in [-0.39, 0.29) is 18.0 Å². The fraction of sp³-hybridized carbons (Fsp3) is 0.600. The summed E-state index contributed by atoms with van der Waals surface area (Å²) in [4.78, 5) is 10.4. The molecule has 0 saturated heterocycles. The van der Waals surface area contributed by atoms with E-state index in [9.17, 15) is 9.18 Å². The van der Waals surface area contributed by atoms with Crippen molar-refractivity contribution in [3.8, 4) is 0 Å². The molecule has 1 aliphatic rings. The number of hydrogen-bond acceptors (Lipinski definition) is 2. The highest BCUT2D eigenvalue weighted by Gasteiger charge is 2.22. The van der Waals surface area contributed by atoms with E-state index in [1.54, 1.807) is 0 Å². The van der Waals surface area contributed by atoms with Gasteiger partial charge in [0.05, 0.1) is 18.7 Å². The van der Waals surface area contributed by atoms with E-state index < -0.39 is 11.9 Å². The van der Waals surface area contributed by atoms with E-state index in [4.69, 9.17) is 5.11 Å². The molecule has 1 aromatic rings. The van der Waals surface area contributed by atoms with Crippen LogP contribution in [0, 0.1) is 5.95 Å². The zero-order valence-electron chi connectivity index (χ0n) is 8.32. The van der Waals surface area contributed by atoms with Gasteiger partial charge in [-0.15, -0.1) is 0 Å². The maximum atomic E-state index is 13.7. The average Bonchev–Trinajstić information content (AvgIpc) is 2.76. The molecule has 0 unspecified atom stereocenters. The van der Waals surface area contributed by atoms with Crippen molar-refractivity contribution in [2.45, 2.75) is 38.1 Å². The normalized spacial score (nSPS) is 17.1. The lowest BCUT2D eigenvalue weighted by Crippen LogP contribution is -2.10. The standard InChI is InChI=1S/C10H13FN2O2/c11-10-7(5-9(14)15)6-12-13(10)8-3-1-2-4-8/h6,8H,1-5H2,(H,14,15). The van der Waals surface area contributed by atoms with Crippen LogP contribution in [0.4, 0.5) is 4.39 Å². The van der Waals surface area contributed by atoms with Crippen LogP contribution in [0.25, 0.3) is 0 Å². The van der Waals surface area contributed by atoms with E-state index in [0.717, 1.165) is 25.7 Å². The Bertz CT molecular complexity index is 369. The van der Waals surface area contributed by atoms with Gasteiger partial charge in [0.1, 0.15) is 0 Å². The lowest BCUT2D eigenvalue weighted by molar-refractivity contribution is -0.136. The second kappa shape index (κ2) is 4.00. The highest BCUT2D eigenvalue weighted by Crippen LogP contribution is 2.30. The number of hydrogen-bond donors (Lipinski definition) is 1. The molecule has 1 saturated carbocycles. The van der Waals surface area contributed by atoms with Crippen molar-refractivity contribution in [1.82, 2.24) is 9.78 Å². The van der Waals surface area contributed by atoms with E-state index >= 15 is 0 Å². The van der Waals surface area contributed by atoms with Crippen molar-refractivity contribution in [3.05, 3.63) is 17.7 Å². The van der Waals surface area contributed by atoms with Gasteiger partial charge in [-0.2, -0.15) is 9.49 Å². The van der Waals surface area contributed by atoms with Gasteiger partial charge >= 0.3 is 5.97 Å². The zero-order valence-corrected chi connectivity index (χ0v) is 8.32. The summed E-state index contributed by atoms with van der Waals surface area (Å²) in [7, 11) is 0. The number of aromatic nitrogens is 2. The molecule has 82 valence electrons. The van der Waals surface area contributed by atoms with Gasteiger partial charge in [-0.05, 0) is 12.8 Å². The van der Waals surface area contributed by atoms with Gasteiger partial charge in [0.25, 0.3) is 0 Å². The number of carbonyl (C=O) groups is 1. The number of nitrogens with zero attached hydrogens (tertiary/aromatic N) is 2. The Morgan fingerprint density at radius 1 is 1.60 bits per heavy atom. The van der Waals surface area contributed by atoms with Crippen LogP contribution in [0.5, 0.6) is 0 Å². The van der Waals surface area contributed by atoms with Gasteiger partial charge < -0.3 is 5.11 Å². The van der Waals surface area contributed by atoms with Gasteiger partial charge in [0.2, 0.25) is 5.95 Å². The molecule has 1 aliphatic carbocycles. The molecule has 0 spiro atoms. The minimum atomic E-state index is -1.03. The molecule has 15 heavy (non-hydrogen) atoms. The molecule has 0 amide bonds. The van der Waals surface area contributed by atoms with Crippen molar-refractivity contribution in [2.75, 3.05) is 0 Å². The molecular formula is C10H13FN2O2. The molecule has 1 heterocycles. The van der Waals surface area contributed by atoms with E-state index in [1.165, 1.54) is 10.9 Å². The number of carboxylic acids is 1. The highest BCUT2D eigenvalue weighted by atomic mass is 19.1. The summed E-state index contributed by atoms with van der Waals surface area (Å²) in [5, 5.41) is 12.5. The summed E-state index contributed by atoms with van der Waals surface area (Å²) in [6.07, 6.45) is 5.09. The van der Waals surface area contributed by atoms with Crippen molar-refractivity contribution in [2.24, 2.45) is 0 Å². The van der Waals surface area contributed by atoms with Crippen LogP contribution in [0.15, 0.2) is 6.20 Å². The number of halogens is 1. The van der Waals surface area contributed by atoms with E-state index in [0.29, 0.717) is 0 Å². The van der Waals surface area contributed by atoms with Crippen molar-refractivity contribution in [1.29, 1.82) is 0 Å². The third-order valence-corrected chi connectivity index (χ3v) is 2.82. The molecule has 2 rings (SSSR count). The van der Waals surface area contributed by atoms with E-state index in [1.807, 2.05) is 0 Å². The number of aliphatic carboxylic acids is 1. The fourth-order valence-corrected chi connectivity index (χ4v) is 2.07. The molecule has 1 N–H and O–H groups in total. The fourth-order valence-electron chi connectivity index (χ4n) is 2.07. The second-order valence-corrected chi connectivity index (χ2v) is 3.91. The van der Waals surface area contributed by atoms with Crippen molar-refractivity contribution < 1.29 is 14.3 Å². The molecule has 4 nitrogen and oxygen atoms in total.